The van der Waals surface area contributed by atoms with E-state index in [1.165, 1.54) is 116 Å². The maximum atomic E-state index is 12.9. The molecule has 0 fully saturated rings. The molecule has 0 aromatic heterocycles. The van der Waals surface area contributed by atoms with E-state index in [1.54, 1.807) is 0 Å². The summed E-state index contributed by atoms with van der Waals surface area (Å²) in [5.74, 6) is -0.954. The van der Waals surface area contributed by atoms with Crippen LogP contribution < -0.4 is 0 Å². The quantitative estimate of drug-likeness (QED) is 0.0199. The highest BCUT2D eigenvalue weighted by atomic mass is 16.6. The number of unbranched alkanes of at least 4 members (excludes halogenated alkanes) is 27. The zero-order chi connectivity index (χ0) is 52.9. The number of esters is 3. The summed E-state index contributed by atoms with van der Waals surface area (Å²) in [6.45, 7) is 6.35. The minimum absolute atomic E-state index is 0.101. The van der Waals surface area contributed by atoms with Crippen LogP contribution in [0.3, 0.4) is 0 Å². The highest BCUT2D eigenvalue weighted by Crippen LogP contribution is 2.16. The second-order valence-electron chi connectivity index (χ2n) is 19.7. The van der Waals surface area contributed by atoms with Crippen LogP contribution in [-0.2, 0) is 28.6 Å². The van der Waals surface area contributed by atoms with E-state index in [1.807, 2.05) is 60.8 Å². The molecule has 0 amide bonds. The molecule has 0 aliphatic rings. The van der Waals surface area contributed by atoms with Gasteiger partial charge in [0.2, 0.25) is 0 Å². The molecule has 414 valence electrons. The Morgan fingerprint density at radius 1 is 0.301 bits per heavy atom. The van der Waals surface area contributed by atoms with Crippen LogP contribution >= 0.6 is 0 Å². The van der Waals surface area contributed by atoms with Gasteiger partial charge in [0.15, 0.2) is 6.10 Å². The third kappa shape index (κ3) is 58.6. The molecule has 6 nitrogen and oxygen atoms in total. The molecule has 0 aromatic rings. The van der Waals surface area contributed by atoms with Crippen LogP contribution in [0.1, 0.15) is 265 Å². The van der Waals surface area contributed by atoms with Gasteiger partial charge in [-0.15, -0.1) is 0 Å². The first-order valence-electron chi connectivity index (χ1n) is 30.1. The third-order valence-corrected chi connectivity index (χ3v) is 12.6. The topological polar surface area (TPSA) is 78.9 Å². The number of hydrogen-bond donors (Lipinski definition) is 0. The van der Waals surface area contributed by atoms with Crippen molar-refractivity contribution in [2.24, 2.45) is 0 Å². The molecule has 0 aromatic carbocycles. The normalized spacial score (nSPS) is 13.0. The summed E-state index contributed by atoms with van der Waals surface area (Å²) in [6.07, 6.45) is 83.3. The lowest BCUT2D eigenvalue weighted by Gasteiger charge is -2.18. The Hall–Kier alpha value is -4.19. The molecule has 6 heteroatoms. The number of rotatable bonds is 53. The van der Waals surface area contributed by atoms with Gasteiger partial charge in [-0.25, -0.2) is 0 Å². The largest absolute Gasteiger partial charge is 0.462 e. The van der Waals surface area contributed by atoms with Crippen molar-refractivity contribution >= 4 is 17.9 Å². The Morgan fingerprint density at radius 3 is 1.01 bits per heavy atom. The van der Waals surface area contributed by atoms with Crippen molar-refractivity contribution in [1.82, 2.24) is 0 Å². The average molecular weight is 1010 g/mol. The molecular formula is C67H110O6. The molecule has 0 bridgehead atoms. The molecule has 0 heterocycles. The standard InChI is InChI=1S/C67H110O6/c1-4-7-10-13-16-19-22-25-28-31-33-36-39-42-45-48-51-54-57-60-66(69)72-63-64(62-71-65(68)59-56-53-50-47-44-41-38-35-30-27-24-21-18-15-12-9-6-3)73-67(70)61-58-55-52-49-46-43-40-37-34-32-29-26-23-20-17-14-11-8-5-2/h7,9-10,12,15-16,18-19,21,24-25,27-28,30,33,35-36,38,41,44,64H,4-6,8,11,13-14,17,20,22-23,26,29,31-32,34,37,39-40,42-43,45-63H2,1-3H3/b10-7-,12-9-,18-15-,19-16-,24-21-,28-25-,30-27-,36-33-,38-35+,44-41-. The fourth-order valence-corrected chi connectivity index (χ4v) is 8.17. The van der Waals surface area contributed by atoms with E-state index in [0.29, 0.717) is 19.3 Å². The molecule has 73 heavy (non-hydrogen) atoms. The summed E-state index contributed by atoms with van der Waals surface area (Å²) in [5.41, 5.74) is 0. The van der Waals surface area contributed by atoms with Crippen LogP contribution in [0, 0.1) is 0 Å². The molecule has 1 unspecified atom stereocenters. The van der Waals surface area contributed by atoms with E-state index in [-0.39, 0.29) is 31.1 Å². The third-order valence-electron chi connectivity index (χ3n) is 12.6. The van der Waals surface area contributed by atoms with E-state index in [4.69, 9.17) is 14.2 Å². The van der Waals surface area contributed by atoms with Crippen LogP contribution in [0.15, 0.2) is 122 Å². The number of hydrogen-bond acceptors (Lipinski definition) is 6. The van der Waals surface area contributed by atoms with Crippen molar-refractivity contribution in [2.45, 2.75) is 271 Å². The van der Waals surface area contributed by atoms with Gasteiger partial charge in [-0.05, 0) is 77.0 Å². The summed E-state index contributed by atoms with van der Waals surface area (Å²) in [7, 11) is 0. The summed E-state index contributed by atoms with van der Waals surface area (Å²) in [4.78, 5) is 38.3. The van der Waals surface area contributed by atoms with Crippen LogP contribution in [-0.4, -0.2) is 37.2 Å². The maximum absolute atomic E-state index is 12.9. The van der Waals surface area contributed by atoms with Crippen LogP contribution in [0.2, 0.25) is 0 Å². The Labute approximate surface area is 450 Å². The first kappa shape index (κ1) is 68.8. The zero-order valence-electron chi connectivity index (χ0n) is 47.4. The number of ether oxygens (including phenoxy) is 3. The van der Waals surface area contributed by atoms with Crippen molar-refractivity contribution in [3.8, 4) is 0 Å². The van der Waals surface area contributed by atoms with Gasteiger partial charge in [-0.3, -0.25) is 14.4 Å². The molecule has 0 spiro atoms. The first-order valence-corrected chi connectivity index (χ1v) is 30.1. The van der Waals surface area contributed by atoms with Crippen molar-refractivity contribution in [3.05, 3.63) is 122 Å². The fraction of sp³-hybridized carbons (Fsp3) is 0.657. The van der Waals surface area contributed by atoms with Crippen molar-refractivity contribution in [1.29, 1.82) is 0 Å². The van der Waals surface area contributed by atoms with Gasteiger partial charge in [-0.1, -0.05) is 290 Å². The Balaban J connectivity index is 4.48. The fourth-order valence-electron chi connectivity index (χ4n) is 8.17. The maximum Gasteiger partial charge on any atom is 0.306 e. The summed E-state index contributed by atoms with van der Waals surface area (Å²) in [5, 5.41) is 0. The molecule has 1 atom stereocenters. The van der Waals surface area contributed by atoms with Crippen molar-refractivity contribution < 1.29 is 28.6 Å². The Bertz CT molecular complexity index is 1540. The Kier molecular flexibility index (Phi) is 56.9. The van der Waals surface area contributed by atoms with Gasteiger partial charge in [-0.2, -0.15) is 0 Å². The number of allylic oxidation sites excluding steroid dienone is 20. The highest BCUT2D eigenvalue weighted by Gasteiger charge is 2.19. The highest BCUT2D eigenvalue weighted by molar-refractivity contribution is 5.71. The van der Waals surface area contributed by atoms with E-state index in [0.717, 1.165) is 109 Å². The lowest BCUT2D eigenvalue weighted by Crippen LogP contribution is -2.30. The van der Waals surface area contributed by atoms with Gasteiger partial charge in [0.1, 0.15) is 13.2 Å². The van der Waals surface area contributed by atoms with Gasteiger partial charge in [0.25, 0.3) is 0 Å². The predicted octanol–water partition coefficient (Wildman–Crippen LogP) is 20.4. The van der Waals surface area contributed by atoms with Crippen LogP contribution in [0.5, 0.6) is 0 Å². The number of carbonyl (C=O) groups is 3. The van der Waals surface area contributed by atoms with E-state index in [2.05, 4.69) is 81.5 Å². The smallest absolute Gasteiger partial charge is 0.306 e. The molecule has 0 aliphatic carbocycles. The molecule has 0 radical (unpaired) electrons. The average Bonchev–Trinajstić information content (AvgIpc) is 3.39. The van der Waals surface area contributed by atoms with Gasteiger partial charge >= 0.3 is 17.9 Å². The minimum atomic E-state index is -0.806. The lowest BCUT2D eigenvalue weighted by molar-refractivity contribution is -0.167. The summed E-state index contributed by atoms with van der Waals surface area (Å²) in [6, 6.07) is 0. The molecule has 0 rings (SSSR count). The Morgan fingerprint density at radius 2 is 0.603 bits per heavy atom. The lowest BCUT2D eigenvalue weighted by atomic mass is 10.0. The van der Waals surface area contributed by atoms with Crippen molar-refractivity contribution in [2.75, 3.05) is 13.2 Å². The molecular weight excluding hydrogens is 901 g/mol. The molecule has 0 saturated heterocycles. The zero-order valence-corrected chi connectivity index (χ0v) is 47.4. The summed E-state index contributed by atoms with van der Waals surface area (Å²) < 4.78 is 16.9. The first-order chi connectivity index (χ1) is 36.0. The van der Waals surface area contributed by atoms with Crippen molar-refractivity contribution in [3.63, 3.8) is 0 Å². The predicted molar refractivity (Wildman–Crippen MR) is 316 cm³/mol. The van der Waals surface area contributed by atoms with Crippen LogP contribution in [0.25, 0.3) is 0 Å². The van der Waals surface area contributed by atoms with E-state index < -0.39 is 6.10 Å². The van der Waals surface area contributed by atoms with E-state index >= 15 is 0 Å². The minimum Gasteiger partial charge on any atom is -0.462 e. The van der Waals surface area contributed by atoms with E-state index in [9.17, 15) is 14.4 Å². The van der Waals surface area contributed by atoms with Gasteiger partial charge < -0.3 is 14.2 Å². The molecule has 0 saturated carbocycles. The van der Waals surface area contributed by atoms with Gasteiger partial charge in [0.05, 0.1) is 0 Å². The van der Waals surface area contributed by atoms with Crippen LogP contribution in [0.4, 0.5) is 0 Å². The number of carbonyl (C=O) groups excluding carboxylic acids is 3. The summed E-state index contributed by atoms with van der Waals surface area (Å²) >= 11 is 0. The van der Waals surface area contributed by atoms with Gasteiger partial charge in [0, 0.05) is 19.3 Å². The molecule has 0 aliphatic heterocycles. The monoisotopic (exact) mass is 1010 g/mol. The second-order valence-corrected chi connectivity index (χ2v) is 19.7. The SMILES string of the molecule is CC\C=C/C=C\C=C/C=C\C=C\C=C/CCCCCC(=O)OCC(COC(=O)CCCCCCCC/C=C\C/C=C\C/C=C\C/C=C\CC)OC(=O)CCCCCCCCCCCCCCCCCCCCC. The second kappa shape index (κ2) is 60.4. The molecule has 0 N–H and O–H groups in total.